The summed E-state index contributed by atoms with van der Waals surface area (Å²) in [6, 6.07) is 0. The van der Waals surface area contributed by atoms with Crippen LogP contribution in [0.25, 0.3) is 0 Å². The zero-order valence-corrected chi connectivity index (χ0v) is 5.61. The third-order valence-corrected chi connectivity index (χ3v) is 0.853. The van der Waals surface area contributed by atoms with E-state index in [9.17, 15) is 0 Å². The first kappa shape index (κ1) is 7.01. The predicted molar refractivity (Wildman–Crippen MR) is 31.7 cm³/mol. The summed E-state index contributed by atoms with van der Waals surface area (Å²) >= 11 is 0. The number of nitrogens with zero attached hydrogens (tertiary/aromatic N) is 2. The number of hydrogen-bond acceptors (Lipinski definition) is 5. The highest BCUT2D eigenvalue weighted by molar-refractivity contribution is 4.76. The van der Waals surface area contributed by atoms with E-state index in [4.69, 9.17) is 9.47 Å². The third-order valence-electron chi connectivity index (χ3n) is 0.853. The quantitative estimate of drug-likeness (QED) is 0.560. The van der Waals surface area contributed by atoms with Crippen LogP contribution in [0.4, 0.5) is 0 Å². The van der Waals surface area contributed by atoms with E-state index in [0.29, 0.717) is 13.2 Å². The van der Waals surface area contributed by atoms with Gasteiger partial charge in [0.05, 0.1) is 6.61 Å². The summed E-state index contributed by atoms with van der Waals surface area (Å²) in [6.07, 6.45) is 1.39. The van der Waals surface area contributed by atoms with Crippen LogP contribution >= 0.6 is 0 Å². The molecule has 10 heavy (non-hydrogen) atoms. The molecule has 0 unspecified atom stereocenters. The van der Waals surface area contributed by atoms with Crippen molar-refractivity contribution >= 4 is 0 Å². The summed E-state index contributed by atoms with van der Waals surface area (Å²) in [5.41, 5.74) is 0. The Kier molecular flexibility index (Phi) is 2.69. The molecule has 0 atom stereocenters. The lowest BCUT2D eigenvalue weighted by molar-refractivity contribution is 0.126. The van der Waals surface area contributed by atoms with Crippen molar-refractivity contribution in [1.29, 1.82) is 0 Å². The van der Waals surface area contributed by atoms with Gasteiger partial charge in [0.25, 0.3) is 0 Å². The zero-order chi connectivity index (χ0) is 7.23. The maximum Gasteiger partial charge on any atom is 0.414 e. The highest BCUT2D eigenvalue weighted by Gasteiger charge is 1.96. The molecule has 0 saturated heterocycles. The molecule has 0 saturated carbocycles. The van der Waals surface area contributed by atoms with Crippen LogP contribution in [0.2, 0.25) is 0 Å². The standard InChI is InChI=1S/C5H8N2O3/c1-8-2-3-9-5-7-6-4-10-5/h4H,2-3H2,1H3. The Hall–Kier alpha value is -1.10. The molecule has 5 heteroatoms. The van der Waals surface area contributed by atoms with E-state index < -0.39 is 0 Å². The average Bonchev–Trinajstić information content (AvgIpc) is 2.41. The molecule has 56 valence electrons. The average molecular weight is 144 g/mol. The maximum absolute atomic E-state index is 4.92. The second kappa shape index (κ2) is 3.84. The van der Waals surface area contributed by atoms with Gasteiger partial charge in [-0.15, -0.1) is 5.10 Å². The van der Waals surface area contributed by atoms with Crippen molar-refractivity contribution in [3.63, 3.8) is 0 Å². The van der Waals surface area contributed by atoms with Crippen LogP contribution in [0.1, 0.15) is 0 Å². The number of rotatable bonds is 4. The van der Waals surface area contributed by atoms with Gasteiger partial charge in [0.15, 0.2) is 0 Å². The second-order valence-corrected chi connectivity index (χ2v) is 1.55. The van der Waals surface area contributed by atoms with Gasteiger partial charge in [0.2, 0.25) is 6.39 Å². The Morgan fingerprint density at radius 3 is 3.10 bits per heavy atom. The summed E-state index contributed by atoms with van der Waals surface area (Å²) in [7, 11) is 1.59. The van der Waals surface area contributed by atoms with Crippen molar-refractivity contribution < 1.29 is 13.9 Å². The van der Waals surface area contributed by atoms with Crippen LogP contribution in [-0.4, -0.2) is 30.5 Å². The van der Waals surface area contributed by atoms with E-state index in [2.05, 4.69) is 14.6 Å². The molecule has 0 amide bonds. The van der Waals surface area contributed by atoms with E-state index in [1.54, 1.807) is 7.11 Å². The first-order valence-corrected chi connectivity index (χ1v) is 2.81. The molecular formula is C5H8N2O3. The Balaban J connectivity index is 2.15. The lowest BCUT2D eigenvalue weighted by Crippen LogP contribution is -2.04. The molecule has 1 rings (SSSR count). The van der Waals surface area contributed by atoms with Crippen molar-refractivity contribution in [2.75, 3.05) is 20.3 Å². The van der Waals surface area contributed by atoms with Gasteiger partial charge in [-0.2, -0.15) is 0 Å². The highest BCUT2D eigenvalue weighted by atomic mass is 16.6. The minimum absolute atomic E-state index is 0.178. The molecule has 0 fully saturated rings. The number of aromatic nitrogens is 2. The van der Waals surface area contributed by atoms with Gasteiger partial charge in [-0.25, -0.2) is 0 Å². The Morgan fingerprint density at radius 2 is 2.50 bits per heavy atom. The largest absolute Gasteiger partial charge is 0.447 e. The number of hydrogen-bond donors (Lipinski definition) is 0. The molecule has 1 heterocycles. The molecule has 1 aromatic rings. The predicted octanol–water partition coefficient (Wildman–Crippen LogP) is 0.0948. The highest BCUT2D eigenvalue weighted by Crippen LogP contribution is 2.00. The van der Waals surface area contributed by atoms with Gasteiger partial charge >= 0.3 is 6.08 Å². The summed E-state index contributed by atoms with van der Waals surface area (Å²) in [5, 5.41) is 6.91. The molecular weight excluding hydrogens is 136 g/mol. The van der Waals surface area contributed by atoms with E-state index in [-0.39, 0.29) is 6.08 Å². The van der Waals surface area contributed by atoms with Crippen molar-refractivity contribution in [2.24, 2.45) is 0 Å². The van der Waals surface area contributed by atoms with Crippen molar-refractivity contribution in [2.45, 2.75) is 0 Å². The number of ether oxygens (including phenoxy) is 2. The van der Waals surface area contributed by atoms with Crippen LogP contribution in [0.3, 0.4) is 0 Å². The molecule has 0 aliphatic heterocycles. The first-order chi connectivity index (χ1) is 4.93. The molecule has 0 aliphatic rings. The molecule has 0 N–H and O–H groups in total. The first-order valence-electron chi connectivity index (χ1n) is 2.81. The summed E-state index contributed by atoms with van der Waals surface area (Å²) < 4.78 is 14.3. The van der Waals surface area contributed by atoms with Crippen LogP contribution in [0.15, 0.2) is 10.8 Å². The Morgan fingerprint density at radius 1 is 1.60 bits per heavy atom. The molecule has 0 aromatic carbocycles. The fraction of sp³-hybridized carbons (Fsp3) is 0.600. The second-order valence-electron chi connectivity index (χ2n) is 1.55. The van der Waals surface area contributed by atoms with Gasteiger partial charge in [0.1, 0.15) is 6.61 Å². The molecule has 0 radical (unpaired) electrons. The zero-order valence-electron chi connectivity index (χ0n) is 5.61. The van der Waals surface area contributed by atoms with Crippen LogP contribution in [-0.2, 0) is 4.74 Å². The van der Waals surface area contributed by atoms with E-state index in [1.807, 2.05) is 0 Å². The van der Waals surface area contributed by atoms with Gasteiger partial charge < -0.3 is 13.9 Å². The fourth-order valence-electron chi connectivity index (χ4n) is 0.438. The van der Waals surface area contributed by atoms with Gasteiger partial charge in [-0.1, -0.05) is 5.10 Å². The lowest BCUT2D eigenvalue weighted by atomic mass is 10.8. The Bertz CT molecular complexity index is 163. The molecule has 0 aliphatic carbocycles. The monoisotopic (exact) mass is 144 g/mol. The fourth-order valence-corrected chi connectivity index (χ4v) is 0.438. The smallest absolute Gasteiger partial charge is 0.414 e. The van der Waals surface area contributed by atoms with E-state index >= 15 is 0 Å². The van der Waals surface area contributed by atoms with Gasteiger partial charge in [-0.05, 0) is 0 Å². The minimum atomic E-state index is 0.178. The van der Waals surface area contributed by atoms with Crippen molar-refractivity contribution in [1.82, 2.24) is 10.2 Å². The molecule has 0 bridgehead atoms. The van der Waals surface area contributed by atoms with Crippen molar-refractivity contribution in [3.8, 4) is 6.08 Å². The SMILES string of the molecule is COCCOc1nnco1. The van der Waals surface area contributed by atoms with E-state index in [0.717, 1.165) is 0 Å². The summed E-state index contributed by atoms with van der Waals surface area (Å²) in [6.45, 7) is 0.946. The van der Waals surface area contributed by atoms with Crippen LogP contribution < -0.4 is 4.74 Å². The van der Waals surface area contributed by atoms with Crippen molar-refractivity contribution in [3.05, 3.63) is 6.39 Å². The van der Waals surface area contributed by atoms with Gasteiger partial charge in [0, 0.05) is 7.11 Å². The topological polar surface area (TPSA) is 57.4 Å². The summed E-state index contributed by atoms with van der Waals surface area (Å²) in [4.78, 5) is 0. The minimum Gasteiger partial charge on any atom is -0.447 e. The normalized spacial score (nSPS) is 9.70. The maximum atomic E-state index is 4.92. The third kappa shape index (κ3) is 2.02. The van der Waals surface area contributed by atoms with Crippen LogP contribution in [0, 0.1) is 0 Å². The number of methoxy groups -OCH3 is 1. The molecule has 5 nitrogen and oxygen atoms in total. The molecule has 1 aromatic heterocycles. The summed E-state index contributed by atoms with van der Waals surface area (Å²) in [5.74, 6) is 0. The van der Waals surface area contributed by atoms with Gasteiger partial charge in [-0.3, -0.25) is 0 Å². The van der Waals surface area contributed by atoms with E-state index in [1.165, 1.54) is 6.39 Å². The lowest BCUT2D eigenvalue weighted by Gasteiger charge is -1.96. The Labute approximate surface area is 58.0 Å². The molecule has 0 spiro atoms. The van der Waals surface area contributed by atoms with Crippen LogP contribution in [0.5, 0.6) is 6.08 Å².